The molecule has 2 heterocycles. The minimum Gasteiger partial charge on any atom is -0.380 e. The summed E-state index contributed by atoms with van der Waals surface area (Å²) in [6.45, 7) is 3.90. The fraction of sp³-hybridized carbons (Fsp3) is 0.273. The molecule has 0 aliphatic heterocycles. The molecule has 3 heteroatoms. The van der Waals surface area contributed by atoms with Crippen molar-refractivity contribution >= 4 is 22.7 Å². The fourth-order valence-corrected chi connectivity index (χ4v) is 3.07. The Morgan fingerprint density at radius 1 is 1.29 bits per heavy atom. The number of hydrogen-bond donors (Lipinski definition) is 1. The van der Waals surface area contributed by atoms with Gasteiger partial charge in [-0.1, -0.05) is 0 Å². The second-order valence-electron chi connectivity index (χ2n) is 3.49. The molecule has 2 aromatic rings. The second kappa shape index (κ2) is 3.50. The van der Waals surface area contributed by atoms with Crippen LogP contribution < -0.4 is 0 Å². The van der Waals surface area contributed by atoms with E-state index in [1.165, 1.54) is 4.88 Å². The lowest BCUT2D eigenvalue weighted by atomic mass is 9.97. The van der Waals surface area contributed by atoms with Gasteiger partial charge in [0, 0.05) is 9.75 Å². The van der Waals surface area contributed by atoms with Crippen molar-refractivity contribution in [2.75, 3.05) is 0 Å². The van der Waals surface area contributed by atoms with Crippen LogP contribution in [-0.2, 0) is 5.60 Å². The largest absolute Gasteiger partial charge is 0.380 e. The van der Waals surface area contributed by atoms with Crippen LogP contribution in [0.4, 0.5) is 0 Å². The molecule has 0 saturated heterocycles. The third-order valence-electron chi connectivity index (χ3n) is 2.30. The lowest BCUT2D eigenvalue weighted by molar-refractivity contribution is 0.107. The Morgan fingerprint density at radius 3 is 2.57 bits per heavy atom. The SMILES string of the molecule is Cc1ccc(C(C)(O)c2ccsc2)s1. The molecule has 14 heavy (non-hydrogen) atoms. The molecule has 1 atom stereocenters. The lowest BCUT2D eigenvalue weighted by Crippen LogP contribution is -2.20. The first kappa shape index (κ1) is 9.90. The van der Waals surface area contributed by atoms with Crippen LogP contribution >= 0.6 is 22.7 Å². The fourth-order valence-electron chi connectivity index (χ4n) is 1.38. The van der Waals surface area contributed by atoms with E-state index in [0.717, 1.165) is 10.4 Å². The Balaban J connectivity index is 2.42. The van der Waals surface area contributed by atoms with Gasteiger partial charge in [0.25, 0.3) is 0 Å². The molecule has 0 radical (unpaired) electrons. The molecule has 74 valence electrons. The van der Waals surface area contributed by atoms with Crippen LogP contribution in [0.1, 0.15) is 22.2 Å². The molecular formula is C11H12OS2. The van der Waals surface area contributed by atoms with E-state index in [9.17, 15) is 5.11 Å². The number of aryl methyl sites for hydroxylation is 1. The van der Waals surface area contributed by atoms with Gasteiger partial charge in [0.2, 0.25) is 0 Å². The Kier molecular flexibility index (Phi) is 2.47. The summed E-state index contributed by atoms with van der Waals surface area (Å²) in [6, 6.07) is 6.01. The van der Waals surface area contributed by atoms with E-state index < -0.39 is 5.60 Å². The minimum absolute atomic E-state index is 0.834. The van der Waals surface area contributed by atoms with Crippen LogP contribution in [0, 0.1) is 6.92 Å². The van der Waals surface area contributed by atoms with Gasteiger partial charge in [0.1, 0.15) is 5.60 Å². The quantitative estimate of drug-likeness (QED) is 0.829. The van der Waals surface area contributed by atoms with Crippen molar-refractivity contribution in [3.63, 3.8) is 0 Å². The Labute approximate surface area is 91.7 Å². The Morgan fingerprint density at radius 2 is 2.07 bits per heavy atom. The molecule has 1 unspecified atom stereocenters. The molecule has 0 saturated carbocycles. The van der Waals surface area contributed by atoms with Crippen LogP contribution in [0.5, 0.6) is 0 Å². The predicted molar refractivity (Wildman–Crippen MR) is 62.0 cm³/mol. The zero-order chi connectivity index (χ0) is 10.2. The second-order valence-corrected chi connectivity index (χ2v) is 5.56. The third-order valence-corrected chi connectivity index (χ3v) is 4.20. The van der Waals surface area contributed by atoms with E-state index >= 15 is 0 Å². The summed E-state index contributed by atoms with van der Waals surface area (Å²) < 4.78 is 0. The first-order valence-electron chi connectivity index (χ1n) is 4.42. The summed E-state index contributed by atoms with van der Waals surface area (Å²) in [4.78, 5) is 2.24. The molecular weight excluding hydrogens is 212 g/mol. The van der Waals surface area contributed by atoms with Gasteiger partial charge < -0.3 is 5.11 Å². The van der Waals surface area contributed by atoms with Crippen molar-refractivity contribution in [2.45, 2.75) is 19.4 Å². The number of thiophene rings is 2. The van der Waals surface area contributed by atoms with Gasteiger partial charge in [-0.05, 0) is 48.4 Å². The van der Waals surface area contributed by atoms with Crippen LogP contribution in [0.2, 0.25) is 0 Å². The van der Waals surface area contributed by atoms with Crippen LogP contribution in [0.3, 0.4) is 0 Å². The van der Waals surface area contributed by atoms with Gasteiger partial charge in [0.05, 0.1) is 0 Å². The highest BCUT2D eigenvalue weighted by Crippen LogP contribution is 2.34. The number of hydrogen-bond acceptors (Lipinski definition) is 3. The molecule has 1 N–H and O–H groups in total. The first-order chi connectivity index (χ1) is 6.60. The van der Waals surface area contributed by atoms with Gasteiger partial charge >= 0.3 is 0 Å². The average molecular weight is 224 g/mol. The van der Waals surface area contributed by atoms with Gasteiger partial charge in [-0.3, -0.25) is 0 Å². The summed E-state index contributed by atoms with van der Waals surface area (Å²) in [5.41, 5.74) is 0.142. The Bertz CT molecular complexity index is 412. The molecule has 0 fully saturated rings. The van der Waals surface area contributed by atoms with E-state index in [-0.39, 0.29) is 0 Å². The van der Waals surface area contributed by atoms with Crippen LogP contribution in [-0.4, -0.2) is 5.11 Å². The zero-order valence-electron chi connectivity index (χ0n) is 8.15. The molecule has 0 amide bonds. The maximum absolute atomic E-state index is 10.4. The van der Waals surface area contributed by atoms with Gasteiger partial charge in [-0.15, -0.1) is 11.3 Å². The van der Waals surface area contributed by atoms with Crippen molar-refractivity contribution in [2.24, 2.45) is 0 Å². The van der Waals surface area contributed by atoms with Crippen LogP contribution in [0.15, 0.2) is 29.0 Å². The summed E-state index contributed by atoms with van der Waals surface area (Å²) in [5, 5.41) is 14.4. The summed E-state index contributed by atoms with van der Waals surface area (Å²) in [5.74, 6) is 0. The van der Waals surface area contributed by atoms with Gasteiger partial charge in [-0.25, -0.2) is 0 Å². The van der Waals surface area contributed by atoms with E-state index in [0.29, 0.717) is 0 Å². The standard InChI is InChI=1S/C11H12OS2/c1-8-3-4-10(14-8)11(2,12)9-5-6-13-7-9/h3-7,12H,1-2H3. The van der Waals surface area contributed by atoms with Crippen molar-refractivity contribution in [1.82, 2.24) is 0 Å². The number of aliphatic hydroxyl groups is 1. The smallest absolute Gasteiger partial charge is 0.122 e. The van der Waals surface area contributed by atoms with E-state index in [1.54, 1.807) is 22.7 Å². The molecule has 2 rings (SSSR count). The van der Waals surface area contributed by atoms with Crippen molar-refractivity contribution in [1.29, 1.82) is 0 Å². The summed E-state index contributed by atoms with van der Waals surface area (Å²) in [7, 11) is 0. The molecule has 2 aromatic heterocycles. The van der Waals surface area contributed by atoms with E-state index in [2.05, 4.69) is 6.92 Å². The highest BCUT2D eigenvalue weighted by molar-refractivity contribution is 7.12. The van der Waals surface area contributed by atoms with Gasteiger partial charge in [0.15, 0.2) is 0 Å². The van der Waals surface area contributed by atoms with Crippen molar-refractivity contribution < 1.29 is 5.11 Å². The number of rotatable bonds is 2. The topological polar surface area (TPSA) is 20.2 Å². The van der Waals surface area contributed by atoms with E-state index in [4.69, 9.17) is 0 Å². The highest BCUT2D eigenvalue weighted by Gasteiger charge is 2.27. The normalized spacial score (nSPS) is 15.4. The maximum Gasteiger partial charge on any atom is 0.122 e. The minimum atomic E-state index is -0.834. The Hall–Kier alpha value is -0.640. The molecule has 0 bridgehead atoms. The zero-order valence-corrected chi connectivity index (χ0v) is 9.78. The molecule has 1 nitrogen and oxygen atoms in total. The van der Waals surface area contributed by atoms with Crippen molar-refractivity contribution in [3.05, 3.63) is 44.3 Å². The summed E-state index contributed by atoms with van der Waals surface area (Å²) in [6.07, 6.45) is 0. The highest BCUT2D eigenvalue weighted by atomic mass is 32.1. The summed E-state index contributed by atoms with van der Waals surface area (Å²) >= 11 is 3.26. The van der Waals surface area contributed by atoms with E-state index in [1.807, 2.05) is 35.9 Å². The molecule has 0 aliphatic rings. The monoisotopic (exact) mass is 224 g/mol. The molecule has 0 aliphatic carbocycles. The van der Waals surface area contributed by atoms with Gasteiger partial charge in [-0.2, -0.15) is 11.3 Å². The average Bonchev–Trinajstić information content (AvgIpc) is 2.72. The third kappa shape index (κ3) is 1.63. The lowest BCUT2D eigenvalue weighted by Gasteiger charge is -2.20. The predicted octanol–water partition coefficient (Wildman–Crippen LogP) is 3.37. The first-order valence-corrected chi connectivity index (χ1v) is 6.18. The van der Waals surface area contributed by atoms with Crippen LogP contribution in [0.25, 0.3) is 0 Å². The molecule has 0 aromatic carbocycles. The molecule has 0 spiro atoms. The van der Waals surface area contributed by atoms with Crippen molar-refractivity contribution in [3.8, 4) is 0 Å². The maximum atomic E-state index is 10.4.